The first-order chi connectivity index (χ1) is 7.41. The number of carbonyl (C=O) groups excluding carboxylic acids is 1. The Morgan fingerprint density at radius 3 is 2.62 bits per heavy atom. The number of likely N-dealkylation sites (N-methyl/N-ethyl adjacent to an activating group) is 1. The van der Waals surface area contributed by atoms with Crippen LogP contribution in [0.15, 0.2) is 18.2 Å². The van der Waals surface area contributed by atoms with Crippen molar-refractivity contribution in [1.29, 1.82) is 0 Å². The first kappa shape index (κ1) is 12.8. The maximum atomic E-state index is 12.9. The molecule has 0 aliphatic carbocycles. The average Bonchev–Trinajstić information content (AvgIpc) is 2.22. The van der Waals surface area contributed by atoms with Crippen LogP contribution in [-0.4, -0.2) is 30.9 Å². The summed E-state index contributed by atoms with van der Waals surface area (Å²) in [6, 6.07) is 3.88. The number of hydrogen-bond acceptors (Lipinski definition) is 2. The van der Waals surface area contributed by atoms with E-state index in [-0.39, 0.29) is 17.0 Å². The molecule has 0 fully saturated rings. The highest BCUT2D eigenvalue weighted by molar-refractivity contribution is 6.31. The van der Waals surface area contributed by atoms with E-state index in [9.17, 15) is 9.18 Å². The van der Waals surface area contributed by atoms with Crippen LogP contribution in [0.5, 0.6) is 0 Å². The fourth-order valence-corrected chi connectivity index (χ4v) is 1.47. The summed E-state index contributed by atoms with van der Waals surface area (Å²) in [7, 11) is 3.36. The van der Waals surface area contributed by atoms with Crippen molar-refractivity contribution in [3.05, 3.63) is 29.0 Å². The number of benzene rings is 1. The second kappa shape index (κ2) is 5.16. The third-order valence-corrected chi connectivity index (χ3v) is 2.40. The Kier molecular flexibility index (Phi) is 4.12. The summed E-state index contributed by atoms with van der Waals surface area (Å²) in [6.45, 7) is 1.74. The Bertz CT molecular complexity index is 396. The lowest BCUT2D eigenvalue weighted by Gasteiger charge is -2.19. The van der Waals surface area contributed by atoms with E-state index in [0.717, 1.165) is 0 Å². The number of hydrogen-bond donors (Lipinski definition) is 1. The number of anilines is 1. The molecule has 0 spiro atoms. The van der Waals surface area contributed by atoms with Crippen LogP contribution in [0.1, 0.15) is 6.92 Å². The van der Waals surface area contributed by atoms with E-state index in [2.05, 4.69) is 5.32 Å². The van der Waals surface area contributed by atoms with Gasteiger partial charge < -0.3 is 10.2 Å². The van der Waals surface area contributed by atoms with Crippen LogP contribution in [0.2, 0.25) is 5.02 Å². The minimum absolute atomic E-state index is 0.0366. The molecule has 0 radical (unpaired) electrons. The van der Waals surface area contributed by atoms with Crippen molar-refractivity contribution in [2.45, 2.75) is 13.0 Å². The smallest absolute Gasteiger partial charge is 0.244 e. The normalized spacial score (nSPS) is 12.1. The fourth-order valence-electron chi connectivity index (χ4n) is 1.28. The average molecular weight is 245 g/mol. The monoisotopic (exact) mass is 244 g/mol. The standard InChI is InChI=1S/C11H14ClFN2O/c1-7(11(16)15(2)3)14-8-4-5-10(13)9(12)6-8/h4-7,14H,1-3H3. The van der Waals surface area contributed by atoms with Crippen LogP contribution in [0.4, 0.5) is 10.1 Å². The maximum Gasteiger partial charge on any atom is 0.244 e. The highest BCUT2D eigenvalue weighted by Crippen LogP contribution is 2.19. The van der Waals surface area contributed by atoms with Gasteiger partial charge in [-0.15, -0.1) is 0 Å². The lowest BCUT2D eigenvalue weighted by Crippen LogP contribution is -2.36. The molecule has 0 aromatic heterocycles. The second-order valence-corrected chi connectivity index (χ2v) is 4.13. The zero-order valence-electron chi connectivity index (χ0n) is 9.42. The third kappa shape index (κ3) is 3.10. The van der Waals surface area contributed by atoms with Crippen molar-refractivity contribution in [2.24, 2.45) is 0 Å². The molecular weight excluding hydrogens is 231 g/mol. The summed E-state index contributed by atoms with van der Waals surface area (Å²) in [5, 5.41) is 2.99. The van der Waals surface area contributed by atoms with Gasteiger partial charge in [-0.1, -0.05) is 11.6 Å². The van der Waals surface area contributed by atoms with E-state index in [0.29, 0.717) is 5.69 Å². The lowest BCUT2D eigenvalue weighted by molar-refractivity contribution is -0.129. The van der Waals surface area contributed by atoms with Gasteiger partial charge >= 0.3 is 0 Å². The summed E-state index contributed by atoms with van der Waals surface area (Å²) in [5.41, 5.74) is 0.620. The molecule has 0 aliphatic rings. The van der Waals surface area contributed by atoms with Gasteiger partial charge in [-0.2, -0.15) is 0 Å². The molecule has 5 heteroatoms. The fraction of sp³-hybridized carbons (Fsp3) is 0.364. The highest BCUT2D eigenvalue weighted by Gasteiger charge is 2.14. The summed E-state index contributed by atoms with van der Waals surface area (Å²) in [4.78, 5) is 13.0. The van der Waals surface area contributed by atoms with E-state index in [1.165, 1.54) is 17.0 Å². The molecule has 3 nitrogen and oxygen atoms in total. The first-order valence-corrected chi connectivity index (χ1v) is 5.22. The SMILES string of the molecule is CC(Nc1ccc(F)c(Cl)c1)C(=O)N(C)C. The Morgan fingerprint density at radius 1 is 1.50 bits per heavy atom. The minimum atomic E-state index is -0.473. The van der Waals surface area contributed by atoms with Gasteiger partial charge in [0.25, 0.3) is 0 Å². The van der Waals surface area contributed by atoms with Gasteiger partial charge in [-0.05, 0) is 25.1 Å². The van der Waals surface area contributed by atoms with Crippen LogP contribution in [-0.2, 0) is 4.79 Å². The summed E-state index contributed by atoms with van der Waals surface area (Å²) >= 11 is 5.63. The number of nitrogens with one attached hydrogen (secondary N) is 1. The summed E-state index contributed by atoms with van der Waals surface area (Å²) in [5.74, 6) is -0.528. The Hall–Kier alpha value is -1.29. The van der Waals surface area contributed by atoms with Crippen LogP contribution in [0.25, 0.3) is 0 Å². The zero-order chi connectivity index (χ0) is 12.3. The van der Waals surface area contributed by atoms with Gasteiger partial charge in [0, 0.05) is 19.8 Å². The second-order valence-electron chi connectivity index (χ2n) is 3.73. The molecule has 0 bridgehead atoms. The molecule has 1 amide bonds. The maximum absolute atomic E-state index is 12.9. The number of halogens is 2. The predicted octanol–water partition coefficient (Wildman–Crippen LogP) is 2.37. The molecule has 0 saturated heterocycles. The van der Waals surface area contributed by atoms with E-state index in [4.69, 9.17) is 11.6 Å². The van der Waals surface area contributed by atoms with E-state index < -0.39 is 5.82 Å². The topological polar surface area (TPSA) is 32.3 Å². The molecule has 0 saturated carbocycles. The van der Waals surface area contributed by atoms with Crippen LogP contribution in [0, 0.1) is 5.82 Å². The number of rotatable bonds is 3. The van der Waals surface area contributed by atoms with Crippen LogP contribution < -0.4 is 5.32 Å². The molecular formula is C11H14ClFN2O. The molecule has 16 heavy (non-hydrogen) atoms. The van der Waals surface area contributed by atoms with Gasteiger partial charge in [0.15, 0.2) is 0 Å². The molecule has 1 aromatic rings. The van der Waals surface area contributed by atoms with Crippen LogP contribution in [0.3, 0.4) is 0 Å². The quantitative estimate of drug-likeness (QED) is 0.885. The molecule has 1 aromatic carbocycles. The van der Waals surface area contributed by atoms with Crippen molar-refractivity contribution in [3.8, 4) is 0 Å². The lowest BCUT2D eigenvalue weighted by atomic mass is 10.2. The summed E-state index contributed by atoms with van der Waals surface area (Å²) in [6.07, 6.45) is 0. The number of nitrogens with zero attached hydrogens (tertiary/aromatic N) is 1. The van der Waals surface area contributed by atoms with Crippen molar-refractivity contribution >= 4 is 23.2 Å². The van der Waals surface area contributed by atoms with Crippen molar-refractivity contribution < 1.29 is 9.18 Å². The summed E-state index contributed by atoms with van der Waals surface area (Å²) < 4.78 is 12.9. The molecule has 1 unspecified atom stereocenters. The molecule has 0 heterocycles. The van der Waals surface area contributed by atoms with Gasteiger partial charge in [0.1, 0.15) is 11.9 Å². The van der Waals surface area contributed by atoms with Crippen molar-refractivity contribution in [3.63, 3.8) is 0 Å². The first-order valence-electron chi connectivity index (χ1n) is 4.84. The van der Waals surface area contributed by atoms with E-state index >= 15 is 0 Å². The van der Waals surface area contributed by atoms with E-state index in [1.807, 2.05) is 0 Å². The molecule has 1 rings (SSSR count). The van der Waals surface area contributed by atoms with Gasteiger partial charge in [0.2, 0.25) is 5.91 Å². The Labute approximate surface area is 99.2 Å². The molecule has 0 aliphatic heterocycles. The largest absolute Gasteiger partial charge is 0.374 e. The molecule has 88 valence electrons. The van der Waals surface area contributed by atoms with Crippen LogP contribution >= 0.6 is 11.6 Å². The number of amides is 1. The Morgan fingerprint density at radius 2 is 2.12 bits per heavy atom. The zero-order valence-corrected chi connectivity index (χ0v) is 10.2. The predicted molar refractivity (Wildman–Crippen MR) is 63.2 cm³/mol. The Balaban J connectivity index is 2.73. The minimum Gasteiger partial charge on any atom is -0.374 e. The third-order valence-electron chi connectivity index (χ3n) is 2.11. The number of carbonyl (C=O) groups is 1. The van der Waals surface area contributed by atoms with Gasteiger partial charge in [0.05, 0.1) is 5.02 Å². The highest BCUT2D eigenvalue weighted by atomic mass is 35.5. The van der Waals surface area contributed by atoms with Gasteiger partial charge in [-0.25, -0.2) is 4.39 Å². The van der Waals surface area contributed by atoms with Gasteiger partial charge in [-0.3, -0.25) is 4.79 Å². The molecule has 1 atom stereocenters. The van der Waals surface area contributed by atoms with Crippen molar-refractivity contribution in [1.82, 2.24) is 4.90 Å². The van der Waals surface area contributed by atoms with E-state index in [1.54, 1.807) is 27.1 Å². The van der Waals surface area contributed by atoms with Crippen molar-refractivity contribution in [2.75, 3.05) is 19.4 Å². The molecule has 1 N–H and O–H groups in total.